The van der Waals surface area contributed by atoms with Crippen LogP contribution in [-0.2, 0) is 0 Å². The van der Waals surface area contributed by atoms with Gasteiger partial charge in [-0.25, -0.2) is 0 Å². The molecule has 0 N–H and O–H groups in total. The summed E-state index contributed by atoms with van der Waals surface area (Å²) < 4.78 is 6.97. The van der Waals surface area contributed by atoms with Crippen molar-refractivity contribution in [2.75, 3.05) is 19.7 Å². The Bertz CT molecular complexity index is 414. The van der Waals surface area contributed by atoms with Crippen LogP contribution in [0, 0.1) is 5.92 Å². The maximum absolute atomic E-state index is 5.87. The van der Waals surface area contributed by atoms with Crippen LogP contribution in [0.4, 0.5) is 0 Å². The van der Waals surface area contributed by atoms with Gasteiger partial charge in [0.2, 0.25) is 0 Å². The summed E-state index contributed by atoms with van der Waals surface area (Å²) in [5, 5.41) is 0. The monoisotopic (exact) mass is 337 g/mol. The molecule has 2 fully saturated rings. The van der Waals surface area contributed by atoms with Crippen molar-refractivity contribution in [3.8, 4) is 5.75 Å². The zero-order valence-electron chi connectivity index (χ0n) is 12.1. The number of rotatable bonds is 5. The van der Waals surface area contributed by atoms with E-state index < -0.39 is 0 Å². The Hall–Kier alpha value is -0.540. The van der Waals surface area contributed by atoms with E-state index in [1.165, 1.54) is 45.1 Å². The van der Waals surface area contributed by atoms with Gasteiger partial charge in [-0.15, -0.1) is 0 Å². The molecule has 0 radical (unpaired) electrons. The number of likely N-dealkylation sites (tertiary alicyclic amines) is 1. The number of benzene rings is 1. The third-order valence-electron chi connectivity index (χ3n) is 4.82. The second kappa shape index (κ2) is 6.95. The number of nitrogens with zero attached hydrogens (tertiary/aromatic N) is 1. The standard InChI is InChI=1S/C17H24BrNO/c18-15-7-9-16(10-8-15)20-13-12-19-11-3-6-17(19)14-4-1-2-5-14/h7-10,14,17H,1-6,11-13H2. The van der Waals surface area contributed by atoms with Crippen molar-refractivity contribution in [1.82, 2.24) is 4.90 Å². The van der Waals surface area contributed by atoms with E-state index in [1.807, 2.05) is 24.3 Å². The molecule has 1 atom stereocenters. The van der Waals surface area contributed by atoms with Gasteiger partial charge in [-0.3, -0.25) is 4.90 Å². The fraction of sp³-hybridized carbons (Fsp3) is 0.647. The summed E-state index contributed by atoms with van der Waals surface area (Å²) in [7, 11) is 0. The molecule has 1 saturated carbocycles. The molecule has 0 aromatic heterocycles. The SMILES string of the molecule is Brc1ccc(OCCN2CCCC2C2CCCC2)cc1. The Labute approximate surface area is 130 Å². The van der Waals surface area contributed by atoms with Crippen LogP contribution < -0.4 is 4.74 Å². The summed E-state index contributed by atoms with van der Waals surface area (Å²) in [6, 6.07) is 8.97. The number of halogens is 1. The van der Waals surface area contributed by atoms with Crippen molar-refractivity contribution in [1.29, 1.82) is 0 Å². The first-order valence-corrected chi connectivity index (χ1v) is 8.74. The number of hydrogen-bond acceptors (Lipinski definition) is 2. The summed E-state index contributed by atoms with van der Waals surface area (Å²) in [6.07, 6.45) is 8.58. The summed E-state index contributed by atoms with van der Waals surface area (Å²) in [5.74, 6) is 1.94. The Morgan fingerprint density at radius 2 is 1.80 bits per heavy atom. The highest BCUT2D eigenvalue weighted by Crippen LogP contribution is 2.35. The van der Waals surface area contributed by atoms with E-state index in [1.54, 1.807) is 0 Å². The van der Waals surface area contributed by atoms with E-state index in [4.69, 9.17) is 4.74 Å². The van der Waals surface area contributed by atoms with Crippen LogP contribution in [0.15, 0.2) is 28.7 Å². The first-order chi connectivity index (χ1) is 9.83. The third-order valence-corrected chi connectivity index (χ3v) is 5.35. The summed E-state index contributed by atoms with van der Waals surface area (Å²) >= 11 is 3.45. The highest BCUT2D eigenvalue weighted by Gasteiger charge is 2.32. The van der Waals surface area contributed by atoms with Crippen LogP contribution in [0.1, 0.15) is 38.5 Å². The molecule has 0 amide bonds. The van der Waals surface area contributed by atoms with Gasteiger partial charge < -0.3 is 4.74 Å². The van der Waals surface area contributed by atoms with Crippen LogP contribution in [0.25, 0.3) is 0 Å². The van der Waals surface area contributed by atoms with Gasteiger partial charge in [0.15, 0.2) is 0 Å². The zero-order valence-corrected chi connectivity index (χ0v) is 13.6. The molecule has 1 aromatic rings. The number of ether oxygens (including phenoxy) is 1. The van der Waals surface area contributed by atoms with Gasteiger partial charge in [0.05, 0.1) is 0 Å². The average molecular weight is 338 g/mol. The van der Waals surface area contributed by atoms with E-state index in [0.717, 1.165) is 35.3 Å². The molecule has 3 heteroatoms. The van der Waals surface area contributed by atoms with Crippen LogP contribution in [0.5, 0.6) is 5.75 Å². The summed E-state index contributed by atoms with van der Waals surface area (Å²) in [4.78, 5) is 2.68. The molecular formula is C17H24BrNO. The first kappa shape index (κ1) is 14.4. The van der Waals surface area contributed by atoms with Crippen LogP contribution >= 0.6 is 15.9 Å². The van der Waals surface area contributed by atoms with Gasteiger partial charge >= 0.3 is 0 Å². The molecule has 1 aliphatic heterocycles. The van der Waals surface area contributed by atoms with Gasteiger partial charge in [-0.1, -0.05) is 28.8 Å². The van der Waals surface area contributed by atoms with Crippen LogP contribution in [0.3, 0.4) is 0 Å². The van der Waals surface area contributed by atoms with E-state index in [2.05, 4.69) is 20.8 Å². The van der Waals surface area contributed by atoms with Crippen molar-refractivity contribution in [3.63, 3.8) is 0 Å². The van der Waals surface area contributed by atoms with Gasteiger partial charge in [0.1, 0.15) is 12.4 Å². The van der Waals surface area contributed by atoms with Crippen molar-refractivity contribution in [3.05, 3.63) is 28.7 Å². The lowest BCUT2D eigenvalue weighted by Crippen LogP contribution is -2.37. The fourth-order valence-corrected chi connectivity index (χ4v) is 4.08. The predicted octanol–water partition coefficient (Wildman–Crippen LogP) is 4.48. The minimum atomic E-state index is 0.810. The van der Waals surface area contributed by atoms with E-state index in [9.17, 15) is 0 Å². The minimum absolute atomic E-state index is 0.810. The van der Waals surface area contributed by atoms with Crippen LogP contribution in [-0.4, -0.2) is 30.6 Å². The molecule has 1 saturated heterocycles. The second-order valence-electron chi connectivity index (χ2n) is 6.09. The highest BCUT2D eigenvalue weighted by atomic mass is 79.9. The number of hydrogen-bond donors (Lipinski definition) is 0. The lowest BCUT2D eigenvalue weighted by molar-refractivity contribution is 0.158. The largest absolute Gasteiger partial charge is 0.492 e. The van der Waals surface area contributed by atoms with Crippen molar-refractivity contribution < 1.29 is 4.74 Å². The van der Waals surface area contributed by atoms with E-state index in [0.29, 0.717) is 0 Å². The maximum Gasteiger partial charge on any atom is 0.119 e. The molecule has 1 aliphatic carbocycles. The van der Waals surface area contributed by atoms with Gasteiger partial charge in [0, 0.05) is 17.1 Å². The Morgan fingerprint density at radius 1 is 1.05 bits per heavy atom. The van der Waals surface area contributed by atoms with E-state index >= 15 is 0 Å². The molecule has 1 unspecified atom stereocenters. The molecule has 0 bridgehead atoms. The summed E-state index contributed by atoms with van der Waals surface area (Å²) in [6.45, 7) is 3.16. The quantitative estimate of drug-likeness (QED) is 0.785. The highest BCUT2D eigenvalue weighted by molar-refractivity contribution is 9.10. The Morgan fingerprint density at radius 3 is 2.55 bits per heavy atom. The molecule has 1 aromatic carbocycles. The average Bonchev–Trinajstić information content (AvgIpc) is 3.11. The molecule has 2 nitrogen and oxygen atoms in total. The smallest absolute Gasteiger partial charge is 0.119 e. The van der Waals surface area contributed by atoms with Gasteiger partial charge in [-0.2, -0.15) is 0 Å². The Kier molecular flexibility index (Phi) is 5.00. The zero-order chi connectivity index (χ0) is 13.8. The predicted molar refractivity (Wildman–Crippen MR) is 86.2 cm³/mol. The molecular weight excluding hydrogens is 314 g/mol. The second-order valence-corrected chi connectivity index (χ2v) is 7.01. The third kappa shape index (κ3) is 3.56. The minimum Gasteiger partial charge on any atom is -0.492 e. The molecule has 1 heterocycles. The molecule has 3 rings (SSSR count). The Balaban J connectivity index is 1.46. The summed E-state index contributed by atoms with van der Waals surface area (Å²) in [5.41, 5.74) is 0. The van der Waals surface area contributed by atoms with E-state index in [-0.39, 0.29) is 0 Å². The molecule has 0 spiro atoms. The van der Waals surface area contributed by atoms with Crippen molar-refractivity contribution >= 4 is 15.9 Å². The lowest BCUT2D eigenvalue weighted by Gasteiger charge is -2.29. The fourth-order valence-electron chi connectivity index (χ4n) is 3.82. The molecule has 2 aliphatic rings. The van der Waals surface area contributed by atoms with Gasteiger partial charge in [0.25, 0.3) is 0 Å². The van der Waals surface area contributed by atoms with Crippen molar-refractivity contribution in [2.45, 2.75) is 44.6 Å². The maximum atomic E-state index is 5.87. The normalized spacial score (nSPS) is 24.4. The van der Waals surface area contributed by atoms with Gasteiger partial charge in [-0.05, 0) is 62.4 Å². The molecule has 20 heavy (non-hydrogen) atoms. The van der Waals surface area contributed by atoms with Crippen molar-refractivity contribution in [2.24, 2.45) is 5.92 Å². The molecule has 110 valence electrons. The van der Waals surface area contributed by atoms with Crippen LogP contribution in [0.2, 0.25) is 0 Å². The first-order valence-electron chi connectivity index (χ1n) is 7.95. The topological polar surface area (TPSA) is 12.5 Å². The lowest BCUT2D eigenvalue weighted by atomic mass is 9.96.